The van der Waals surface area contributed by atoms with Crippen LogP contribution in [0.5, 0.6) is 0 Å². The van der Waals surface area contributed by atoms with Crippen LogP contribution in [0.25, 0.3) is 32.7 Å². The summed E-state index contributed by atoms with van der Waals surface area (Å²) in [4.78, 5) is 4.79. The maximum atomic E-state index is 6.78. The van der Waals surface area contributed by atoms with Crippen LogP contribution in [0.15, 0.2) is 168 Å². The first-order valence-electron chi connectivity index (χ1n) is 19.4. The van der Waals surface area contributed by atoms with Gasteiger partial charge in [-0.1, -0.05) is 97.1 Å². The molecule has 1 aromatic heterocycles. The molecule has 0 aliphatic heterocycles. The predicted molar refractivity (Wildman–Crippen MR) is 220 cm³/mol. The van der Waals surface area contributed by atoms with E-state index in [9.17, 15) is 0 Å². The van der Waals surface area contributed by atoms with Crippen molar-refractivity contribution in [2.75, 3.05) is 9.80 Å². The lowest BCUT2D eigenvalue weighted by Crippen LogP contribution is -2.48. The lowest BCUT2D eigenvalue weighted by Gasteiger charge is -2.57. The quantitative estimate of drug-likeness (QED) is 0.166. The van der Waals surface area contributed by atoms with Crippen molar-refractivity contribution in [3.63, 3.8) is 0 Å². The van der Waals surface area contributed by atoms with Crippen molar-refractivity contribution in [1.29, 1.82) is 0 Å². The minimum Gasteiger partial charge on any atom is -0.454 e. The van der Waals surface area contributed by atoms with Crippen molar-refractivity contribution in [2.24, 2.45) is 17.8 Å². The van der Waals surface area contributed by atoms with E-state index in [1.165, 1.54) is 49.3 Å². The molecule has 0 atom stereocenters. The molecule has 4 aliphatic carbocycles. The van der Waals surface area contributed by atoms with Crippen LogP contribution in [0, 0.1) is 17.8 Å². The van der Waals surface area contributed by atoms with Gasteiger partial charge < -0.3 is 14.2 Å². The summed E-state index contributed by atoms with van der Waals surface area (Å²) in [6.07, 6.45) is 8.50. The number of benzene rings is 7. The minimum atomic E-state index is 0.356. The van der Waals surface area contributed by atoms with Crippen molar-refractivity contribution in [2.45, 2.75) is 43.9 Å². The van der Waals surface area contributed by atoms with Gasteiger partial charge in [0.15, 0.2) is 5.58 Å². The lowest BCUT2D eigenvalue weighted by molar-refractivity contribution is -0.00518. The molecule has 0 unspecified atom stereocenters. The first-order valence-corrected chi connectivity index (χ1v) is 19.4. The number of anilines is 6. The van der Waals surface area contributed by atoms with Gasteiger partial charge in [0.1, 0.15) is 5.58 Å². The van der Waals surface area contributed by atoms with Gasteiger partial charge in [-0.05, 0) is 145 Å². The Kier molecular flexibility index (Phi) is 7.05. The van der Waals surface area contributed by atoms with E-state index in [1.807, 2.05) is 0 Å². The van der Waals surface area contributed by atoms with Gasteiger partial charge >= 0.3 is 0 Å². The highest BCUT2D eigenvalue weighted by molar-refractivity contribution is 6.12. The van der Waals surface area contributed by atoms with Gasteiger partial charge in [-0.3, -0.25) is 0 Å². The molecule has 53 heavy (non-hydrogen) atoms. The average molecular weight is 687 g/mol. The van der Waals surface area contributed by atoms with Gasteiger partial charge in [0.05, 0.1) is 5.69 Å². The lowest BCUT2D eigenvalue weighted by atomic mass is 9.48. The molecular formula is C50H42N2O. The van der Waals surface area contributed by atoms with Gasteiger partial charge in [0.25, 0.3) is 0 Å². The van der Waals surface area contributed by atoms with Gasteiger partial charge in [-0.2, -0.15) is 0 Å². The highest BCUT2D eigenvalue weighted by Crippen LogP contribution is 2.61. The molecule has 0 radical (unpaired) electrons. The van der Waals surface area contributed by atoms with E-state index in [4.69, 9.17) is 4.42 Å². The Morgan fingerprint density at radius 3 is 1.68 bits per heavy atom. The van der Waals surface area contributed by atoms with Crippen LogP contribution in [-0.2, 0) is 5.41 Å². The summed E-state index contributed by atoms with van der Waals surface area (Å²) in [5, 5.41) is 4.68. The molecule has 1 heterocycles. The standard InChI is InChI=1S/C50H42N2O/c1-3-13-40(14-4-1)52(41-15-5-2-6-16-41)47-30-44(29-46-45-17-9-10-18-48(45)53-49(46)47)51(43-22-19-37-11-7-8-12-38(37)28-43)42-23-20-39(21-24-42)50-31-34-25-35(32-50)27-36(26-34)33-50/h1-24,28-30,34-36H,25-27,31-33H2. The summed E-state index contributed by atoms with van der Waals surface area (Å²) in [6.45, 7) is 0. The molecule has 12 rings (SSSR count). The number of nitrogens with zero attached hydrogens (tertiary/aromatic N) is 2. The molecule has 4 bridgehead atoms. The Morgan fingerprint density at radius 2 is 1.00 bits per heavy atom. The maximum Gasteiger partial charge on any atom is 0.159 e. The minimum absolute atomic E-state index is 0.356. The molecule has 0 saturated heterocycles. The fraction of sp³-hybridized carbons (Fsp3) is 0.200. The molecule has 0 spiro atoms. The van der Waals surface area contributed by atoms with Gasteiger partial charge in [0, 0.05) is 39.2 Å². The number of hydrogen-bond acceptors (Lipinski definition) is 3. The zero-order valence-electron chi connectivity index (χ0n) is 29.9. The summed E-state index contributed by atoms with van der Waals surface area (Å²) >= 11 is 0. The van der Waals surface area contributed by atoms with E-state index in [1.54, 1.807) is 5.56 Å². The van der Waals surface area contributed by atoms with E-state index in [-0.39, 0.29) is 0 Å². The molecule has 4 aliphatic rings. The zero-order chi connectivity index (χ0) is 34.9. The Hall–Kier alpha value is -5.80. The van der Waals surface area contributed by atoms with Crippen molar-refractivity contribution in [1.82, 2.24) is 0 Å². The molecular weight excluding hydrogens is 645 g/mol. The molecule has 4 fully saturated rings. The topological polar surface area (TPSA) is 19.6 Å². The van der Waals surface area contributed by atoms with Crippen LogP contribution >= 0.6 is 0 Å². The van der Waals surface area contributed by atoms with Crippen LogP contribution in [0.4, 0.5) is 34.1 Å². The van der Waals surface area contributed by atoms with Crippen molar-refractivity contribution in [3.05, 3.63) is 169 Å². The van der Waals surface area contributed by atoms with Crippen LogP contribution in [0.3, 0.4) is 0 Å². The second-order valence-electron chi connectivity index (χ2n) is 16.1. The SMILES string of the molecule is c1ccc(N(c2ccccc2)c2cc(N(c3ccc(C45CC6CC(CC(C6)C4)C5)cc3)c3ccc4ccccc4c3)cc3c2oc2ccccc23)cc1. The monoisotopic (exact) mass is 686 g/mol. The molecule has 258 valence electrons. The third kappa shape index (κ3) is 5.16. The van der Waals surface area contributed by atoms with Gasteiger partial charge in [-0.25, -0.2) is 0 Å². The van der Waals surface area contributed by atoms with E-state index >= 15 is 0 Å². The van der Waals surface area contributed by atoms with Gasteiger partial charge in [-0.15, -0.1) is 0 Å². The molecule has 0 N–H and O–H groups in total. The average Bonchev–Trinajstić information content (AvgIpc) is 3.58. The van der Waals surface area contributed by atoms with E-state index in [0.29, 0.717) is 5.41 Å². The Bertz CT molecular complexity index is 2530. The highest BCUT2D eigenvalue weighted by Gasteiger charge is 2.51. The van der Waals surface area contributed by atoms with E-state index < -0.39 is 0 Å². The Balaban J connectivity index is 1.13. The summed E-state index contributed by atoms with van der Waals surface area (Å²) < 4.78 is 6.78. The highest BCUT2D eigenvalue weighted by atomic mass is 16.3. The van der Waals surface area contributed by atoms with E-state index in [0.717, 1.165) is 73.8 Å². The van der Waals surface area contributed by atoms with Crippen molar-refractivity contribution >= 4 is 66.8 Å². The maximum absolute atomic E-state index is 6.78. The normalized spacial score (nSPS) is 21.8. The Morgan fingerprint density at radius 1 is 0.434 bits per heavy atom. The van der Waals surface area contributed by atoms with Crippen molar-refractivity contribution < 1.29 is 4.42 Å². The van der Waals surface area contributed by atoms with Crippen LogP contribution in [0.2, 0.25) is 0 Å². The fourth-order valence-corrected chi connectivity index (χ4v) is 10.9. The fourth-order valence-electron chi connectivity index (χ4n) is 10.9. The third-order valence-corrected chi connectivity index (χ3v) is 12.7. The van der Waals surface area contributed by atoms with Gasteiger partial charge in [0.2, 0.25) is 0 Å². The smallest absolute Gasteiger partial charge is 0.159 e. The van der Waals surface area contributed by atoms with E-state index in [2.05, 4.69) is 174 Å². The Labute approximate surface area is 311 Å². The van der Waals surface area contributed by atoms with Crippen LogP contribution in [0.1, 0.15) is 44.1 Å². The second-order valence-corrected chi connectivity index (χ2v) is 16.1. The van der Waals surface area contributed by atoms with Crippen LogP contribution < -0.4 is 9.80 Å². The molecule has 0 amide bonds. The number of para-hydroxylation sites is 3. The second kappa shape index (κ2) is 12.1. The first-order chi connectivity index (χ1) is 26.2. The number of rotatable bonds is 7. The summed E-state index contributed by atoms with van der Waals surface area (Å²) in [5.41, 5.74) is 10.2. The molecule has 4 saturated carbocycles. The molecule has 3 heteroatoms. The molecule has 8 aromatic rings. The predicted octanol–water partition coefficient (Wildman–Crippen LogP) is 14.1. The third-order valence-electron chi connectivity index (χ3n) is 12.7. The largest absolute Gasteiger partial charge is 0.454 e. The summed E-state index contributed by atoms with van der Waals surface area (Å²) in [7, 11) is 0. The summed E-state index contributed by atoms with van der Waals surface area (Å²) in [6, 6.07) is 59.7. The first kappa shape index (κ1) is 30.8. The number of hydrogen-bond donors (Lipinski definition) is 0. The summed E-state index contributed by atoms with van der Waals surface area (Å²) in [5.74, 6) is 2.76. The molecule has 7 aromatic carbocycles. The zero-order valence-corrected chi connectivity index (χ0v) is 29.9. The molecule has 3 nitrogen and oxygen atoms in total. The number of fused-ring (bicyclic) bond motifs is 4. The number of furan rings is 1. The van der Waals surface area contributed by atoms with Crippen LogP contribution in [-0.4, -0.2) is 0 Å². The van der Waals surface area contributed by atoms with Crippen molar-refractivity contribution in [3.8, 4) is 0 Å².